The highest BCUT2D eigenvalue weighted by Crippen LogP contribution is 2.22. The van der Waals surface area contributed by atoms with E-state index >= 15 is 0 Å². The molecule has 6 heteroatoms. The number of benzene rings is 1. The van der Waals surface area contributed by atoms with Crippen LogP contribution in [0, 0.1) is 0 Å². The molecule has 1 heterocycles. The average molecular weight is 298 g/mol. The first-order valence-electron chi connectivity index (χ1n) is 6.69. The van der Waals surface area contributed by atoms with Crippen LogP contribution in [-0.4, -0.2) is 43.7 Å². The summed E-state index contributed by atoms with van der Waals surface area (Å²) in [6.45, 7) is 1.90. The van der Waals surface area contributed by atoms with Crippen LogP contribution in [0.2, 0.25) is 5.02 Å². The van der Waals surface area contributed by atoms with Crippen molar-refractivity contribution in [1.82, 2.24) is 4.90 Å². The molecule has 1 aromatic carbocycles. The van der Waals surface area contributed by atoms with Gasteiger partial charge in [0.25, 0.3) is 0 Å². The van der Waals surface area contributed by atoms with Crippen LogP contribution in [0.3, 0.4) is 0 Å². The first-order chi connectivity index (χ1) is 9.54. The molecule has 0 aromatic heterocycles. The van der Waals surface area contributed by atoms with Crippen LogP contribution in [0.4, 0.5) is 11.4 Å². The molecule has 1 fully saturated rings. The van der Waals surface area contributed by atoms with E-state index in [9.17, 15) is 4.79 Å². The fourth-order valence-electron chi connectivity index (χ4n) is 2.28. The van der Waals surface area contributed by atoms with Crippen LogP contribution in [-0.2, 0) is 9.53 Å². The number of halogens is 1. The van der Waals surface area contributed by atoms with Gasteiger partial charge in [0.2, 0.25) is 5.91 Å². The zero-order chi connectivity index (χ0) is 14.5. The third-order valence-corrected chi connectivity index (χ3v) is 3.48. The maximum absolute atomic E-state index is 12.0. The predicted octanol–water partition coefficient (Wildman–Crippen LogP) is 1.97. The van der Waals surface area contributed by atoms with Gasteiger partial charge in [-0.1, -0.05) is 11.6 Å². The number of carbonyl (C=O) groups excluding carboxylic acids is 1. The van der Waals surface area contributed by atoms with Crippen molar-refractivity contribution in [1.29, 1.82) is 0 Å². The Kier molecular flexibility index (Phi) is 5.23. The first-order valence-corrected chi connectivity index (χ1v) is 7.07. The highest BCUT2D eigenvalue weighted by atomic mass is 35.5. The van der Waals surface area contributed by atoms with Crippen molar-refractivity contribution >= 4 is 28.9 Å². The van der Waals surface area contributed by atoms with E-state index in [-0.39, 0.29) is 12.0 Å². The summed E-state index contributed by atoms with van der Waals surface area (Å²) in [6, 6.07) is 5.02. The number of anilines is 2. The van der Waals surface area contributed by atoms with Crippen molar-refractivity contribution in [3.05, 3.63) is 23.2 Å². The number of nitrogens with one attached hydrogen (secondary N) is 1. The van der Waals surface area contributed by atoms with Gasteiger partial charge in [-0.05, 0) is 38.1 Å². The molecule has 0 aliphatic carbocycles. The minimum Gasteiger partial charge on any atom is -0.397 e. The van der Waals surface area contributed by atoms with Crippen LogP contribution in [0.1, 0.15) is 12.8 Å². The van der Waals surface area contributed by atoms with E-state index in [1.165, 1.54) is 0 Å². The van der Waals surface area contributed by atoms with Gasteiger partial charge in [-0.3, -0.25) is 9.69 Å². The first kappa shape index (κ1) is 15.1. The molecule has 1 saturated heterocycles. The lowest BCUT2D eigenvalue weighted by Crippen LogP contribution is -2.35. The number of rotatable bonds is 5. The molecule has 0 spiro atoms. The molecule has 3 N–H and O–H groups in total. The van der Waals surface area contributed by atoms with Crippen LogP contribution in [0.15, 0.2) is 18.2 Å². The second-order valence-electron chi connectivity index (χ2n) is 5.11. The lowest BCUT2D eigenvalue weighted by molar-refractivity contribution is -0.117. The summed E-state index contributed by atoms with van der Waals surface area (Å²) in [5.74, 6) is -0.0977. The van der Waals surface area contributed by atoms with E-state index in [4.69, 9.17) is 22.1 Å². The molecular weight excluding hydrogens is 278 g/mol. The molecule has 0 radical (unpaired) electrons. The number of nitrogens with two attached hydrogens (primary N) is 1. The largest absolute Gasteiger partial charge is 0.397 e. The van der Waals surface area contributed by atoms with E-state index in [1.807, 2.05) is 11.9 Å². The maximum atomic E-state index is 12.0. The van der Waals surface area contributed by atoms with Gasteiger partial charge in [-0.25, -0.2) is 0 Å². The molecule has 0 saturated carbocycles. The van der Waals surface area contributed by atoms with Crippen molar-refractivity contribution in [2.75, 3.05) is 37.8 Å². The number of likely N-dealkylation sites (N-methyl/N-ethyl adjacent to an activating group) is 1. The summed E-state index contributed by atoms with van der Waals surface area (Å²) in [6.07, 6.45) is 2.41. The zero-order valence-corrected chi connectivity index (χ0v) is 12.3. The molecule has 1 amide bonds. The van der Waals surface area contributed by atoms with Gasteiger partial charge in [0.1, 0.15) is 0 Å². The van der Waals surface area contributed by atoms with Gasteiger partial charge >= 0.3 is 0 Å². The number of hydrogen-bond donors (Lipinski definition) is 2. The Balaban J connectivity index is 1.82. The summed E-state index contributed by atoms with van der Waals surface area (Å²) in [7, 11) is 1.91. The van der Waals surface area contributed by atoms with Crippen molar-refractivity contribution < 1.29 is 9.53 Å². The standard InChI is InChI=1S/C14H20ClN3O2/c1-18(8-11-3-2-6-20-11)9-14(19)17-13-5-4-10(15)7-12(13)16/h4-5,7,11H,2-3,6,8-9,16H2,1H3,(H,17,19). The van der Waals surface area contributed by atoms with Gasteiger partial charge < -0.3 is 15.8 Å². The summed E-state index contributed by atoms with van der Waals surface area (Å²) in [5, 5.41) is 3.34. The number of carbonyl (C=O) groups is 1. The van der Waals surface area contributed by atoms with Gasteiger partial charge in [0.15, 0.2) is 0 Å². The molecule has 20 heavy (non-hydrogen) atoms. The fraction of sp³-hybridized carbons (Fsp3) is 0.500. The van der Waals surface area contributed by atoms with Crippen molar-refractivity contribution in [2.45, 2.75) is 18.9 Å². The number of ether oxygens (including phenoxy) is 1. The second-order valence-corrected chi connectivity index (χ2v) is 5.55. The summed E-state index contributed by atoms with van der Waals surface area (Å²) >= 11 is 5.82. The molecule has 5 nitrogen and oxygen atoms in total. The molecular formula is C14H20ClN3O2. The predicted molar refractivity (Wildman–Crippen MR) is 81.0 cm³/mol. The highest BCUT2D eigenvalue weighted by molar-refractivity contribution is 6.31. The van der Waals surface area contributed by atoms with E-state index < -0.39 is 0 Å². The van der Waals surface area contributed by atoms with Crippen LogP contribution < -0.4 is 11.1 Å². The van der Waals surface area contributed by atoms with E-state index in [1.54, 1.807) is 18.2 Å². The Morgan fingerprint density at radius 2 is 2.40 bits per heavy atom. The number of amides is 1. The Hall–Kier alpha value is -1.30. The SMILES string of the molecule is CN(CC(=O)Nc1ccc(Cl)cc1N)CC1CCCO1. The monoisotopic (exact) mass is 297 g/mol. The minimum absolute atomic E-state index is 0.0977. The third-order valence-electron chi connectivity index (χ3n) is 3.24. The van der Waals surface area contributed by atoms with E-state index in [0.717, 1.165) is 26.0 Å². The Labute approximate surface area is 124 Å². The zero-order valence-electron chi connectivity index (χ0n) is 11.6. The maximum Gasteiger partial charge on any atom is 0.238 e. The van der Waals surface area contributed by atoms with E-state index in [2.05, 4.69) is 5.32 Å². The summed E-state index contributed by atoms with van der Waals surface area (Å²) in [4.78, 5) is 13.9. The Morgan fingerprint density at radius 1 is 1.60 bits per heavy atom. The number of nitrogen functional groups attached to an aromatic ring is 1. The third kappa shape index (κ3) is 4.37. The van der Waals surface area contributed by atoms with Crippen LogP contribution in [0.5, 0.6) is 0 Å². The van der Waals surface area contributed by atoms with Gasteiger partial charge in [0.05, 0.1) is 24.0 Å². The summed E-state index contributed by atoms with van der Waals surface area (Å²) < 4.78 is 5.55. The number of nitrogens with zero attached hydrogens (tertiary/aromatic N) is 1. The molecule has 1 aromatic rings. The highest BCUT2D eigenvalue weighted by Gasteiger charge is 2.18. The molecule has 0 bridgehead atoms. The molecule has 1 aliphatic rings. The fourth-order valence-corrected chi connectivity index (χ4v) is 2.46. The van der Waals surface area contributed by atoms with Gasteiger partial charge in [-0.15, -0.1) is 0 Å². The molecule has 1 aliphatic heterocycles. The smallest absolute Gasteiger partial charge is 0.238 e. The van der Waals surface area contributed by atoms with Crippen molar-refractivity contribution in [3.63, 3.8) is 0 Å². The Bertz CT molecular complexity index is 475. The van der Waals surface area contributed by atoms with Crippen molar-refractivity contribution in [2.24, 2.45) is 0 Å². The molecule has 110 valence electrons. The van der Waals surface area contributed by atoms with E-state index in [0.29, 0.717) is 22.9 Å². The quantitative estimate of drug-likeness (QED) is 0.816. The lowest BCUT2D eigenvalue weighted by Gasteiger charge is -2.20. The lowest BCUT2D eigenvalue weighted by atomic mass is 10.2. The molecule has 2 rings (SSSR count). The van der Waals surface area contributed by atoms with Crippen LogP contribution in [0.25, 0.3) is 0 Å². The molecule has 1 atom stereocenters. The minimum atomic E-state index is -0.0977. The van der Waals surface area contributed by atoms with Gasteiger partial charge in [-0.2, -0.15) is 0 Å². The van der Waals surface area contributed by atoms with Gasteiger partial charge in [0, 0.05) is 18.2 Å². The molecule has 1 unspecified atom stereocenters. The average Bonchev–Trinajstić information content (AvgIpc) is 2.85. The second kappa shape index (κ2) is 6.92. The number of hydrogen-bond acceptors (Lipinski definition) is 4. The Morgan fingerprint density at radius 3 is 3.05 bits per heavy atom. The summed E-state index contributed by atoms with van der Waals surface area (Å²) in [5.41, 5.74) is 6.85. The van der Waals surface area contributed by atoms with Crippen molar-refractivity contribution in [3.8, 4) is 0 Å². The van der Waals surface area contributed by atoms with Crippen LogP contribution >= 0.6 is 11.6 Å². The normalized spacial score (nSPS) is 18.4. The topological polar surface area (TPSA) is 67.6 Å².